The fourth-order valence-corrected chi connectivity index (χ4v) is 4.38. The van der Waals surface area contributed by atoms with Gasteiger partial charge in [0.2, 0.25) is 0 Å². The summed E-state index contributed by atoms with van der Waals surface area (Å²) in [6.45, 7) is 0. The number of benzene rings is 1. The van der Waals surface area contributed by atoms with E-state index in [-0.39, 0.29) is 0 Å². The minimum Gasteiger partial charge on any atom is -0.250 e. The molecule has 0 saturated carbocycles. The van der Waals surface area contributed by atoms with Crippen LogP contribution in [0.4, 0.5) is 0 Å². The first-order valence-electron chi connectivity index (χ1n) is 4.92. The summed E-state index contributed by atoms with van der Waals surface area (Å²) in [5.74, 6) is 0. The molecule has 0 radical (unpaired) electrons. The molecule has 0 bridgehead atoms. The maximum atomic E-state index is 11.7. The van der Waals surface area contributed by atoms with Gasteiger partial charge in [-0.2, -0.15) is 0 Å². The lowest BCUT2D eigenvalue weighted by molar-refractivity contribution is 0.690. The van der Waals surface area contributed by atoms with Gasteiger partial charge in [0.05, 0.1) is 10.8 Å². The Morgan fingerprint density at radius 2 is 2.07 bits per heavy atom. The van der Waals surface area contributed by atoms with Crippen LogP contribution >= 0.6 is 11.8 Å². The van der Waals surface area contributed by atoms with Crippen LogP contribution in [0.2, 0.25) is 0 Å². The zero-order valence-corrected chi connectivity index (χ0v) is 9.74. The van der Waals surface area contributed by atoms with Crippen LogP contribution in [0.25, 0.3) is 0 Å². The number of rotatable bonds is 0. The third-order valence-electron chi connectivity index (χ3n) is 2.67. The van der Waals surface area contributed by atoms with Gasteiger partial charge in [-0.15, -0.1) is 0 Å². The molecule has 0 saturated heterocycles. The lowest BCUT2D eigenvalue weighted by Crippen LogP contribution is -1.91. The maximum absolute atomic E-state index is 11.7. The molecule has 2 aliphatic heterocycles. The summed E-state index contributed by atoms with van der Waals surface area (Å²) in [5.41, 5.74) is 1.38. The summed E-state index contributed by atoms with van der Waals surface area (Å²) in [6, 6.07) is 8.44. The van der Waals surface area contributed by atoms with Gasteiger partial charge in [0.1, 0.15) is 0 Å². The van der Waals surface area contributed by atoms with Crippen LogP contribution in [0, 0.1) is 0 Å². The SMILES string of the molecule is O=S1C=CC2=C1CCc1ccccc1S2. The second kappa shape index (κ2) is 3.65. The average Bonchev–Trinajstić information content (AvgIpc) is 2.51. The number of thioether (sulfide) groups is 1. The Hall–Kier alpha value is -0.800. The van der Waals surface area contributed by atoms with Crippen molar-refractivity contribution in [3.8, 4) is 0 Å². The van der Waals surface area contributed by atoms with Gasteiger partial charge in [0, 0.05) is 20.1 Å². The van der Waals surface area contributed by atoms with Gasteiger partial charge < -0.3 is 0 Å². The summed E-state index contributed by atoms with van der Waals surface area (Å²) in [6.07, 6.45) is 3.94. The lowest BCUT2D eigenvalue weighted by atomic mass is 10.1. The van der Waals surface area contributed by atoms with Crippen molar-refractivity contribution >= 4 is 22.6 Å². The highest BCUT2D eigenvalue weighted by atomic mass is 32.2. The normalized spacial score (nSPS) is 23.6. The van der Waals surface area contributed by atoms with E-state index in [2.05, 4.69) is 24.3 Å². The van der Waals surface area contributed by atoms with Crippen LogP contribution in [-0.2, 0) is 17.2 Å². The van der Waals surface area contributed by atoms with E-state index in [0.29, 0.717) is 0 Å². The van der Waals surface area contributed by atoms with Crippen LogP contribution < -0.4 is 0 Å². The van der Waals surface area contributed by atoms with Gasteiger partial charge in [-0.25, -0.2) is 4.21 Å². The van der Waals surface area contributed by atoms with Crippen molar-refractivity contribution in [1.29, 1.82) is 0 Å². The molecule has 0 aliphatic carbocycles. The minimum atomic E-state index is -0.861. The summed E-state index contributed by atoms with van der Waals surface area (Å²) in [4.78, 5) is 3.61. The topological polar surface area (TPSA) is 17.1 Å². The molecular formula is C12H10OS2. The Kier molecular flexibility index (Phi) is 2.29. The Labute approximate surface area is 95.7 Å². The Bertz CT molecular complexity index is 500. The van der Waals surface area contributed by atoms with Crippen LogP contribution in [-0.4, -0.2) is 4.21 Å². The molecular weight excluding hydrogens is 224 g/mol. The van der Waals surface area contributed by atoms with Gasteiger partial charge in [0.15, 0.2) is 0 Å². The molecule has 1 unspecified atom stereocenters. The van der Waals surface area contributed by atoms with Gasteiger partial charge >= 0.3 is 0 Å². The van der Waals surface area contributed by atoms with E-state index < -0.39 is 10.8 Å². The molecule has 2 heterocycles. The molecule has 0 spiro atoms. The summed E-state index contributed by atoms with van der Waals surface area (Å²) in [5, 5.41) is 1.80. The molecule has 1 aromatic carbocycles. The van der Waals surface area contributed by atoms with Gasteiger partial charge in [-0.05, 0) is 30.5 Å². The van der Waals surface area contributed by atoms with E-state index in [4.69, 9.17) is 0 Å². The standard InChI is InChI=1S/C12H10OS2/c13-15-8-7-11-12(15)6-5-9-3-1-2-4-10(9)14-11/h1-4,7-8H,5-6H2. The molecule has 3 heteroatoms. The molecule has 0 fully saturated rings. The number of hydrogen-bond donors (Lipinski definition) is 0. The molecule has 3 rings (SSSR count). The molecule has 1 aromatic rings. The van der Waals surface area contributed by atoms with Crippen LogP contribution in [0.5, 0.6) is 0 Å². The average molecular weight is 234 g/mol. The first kappa shape index (κ1) is 9.43. The number of aryl methyl sites for hydroxylation is 1. The van der Waals surface area contributed by atoms with E-state index in [9.17, 15) is 4.21 Å². The van der Waals surface area contributed by atoms with Crippen LogP contribution in [0.15, 0.2) is 50.5 Å². The van der Waals surface area contributed by atoms with E-state index in [1.165, 1.54) is 15.4 Å². The fourth-order valence-electron chi connectivity index (χ4n) is 1.89. The fraction of sp³-hybridized carbons (Fsp3) is 0.167. The van der Waals surface area contributed by atoms with Crippen molar-refractivity contribution in [2.45, 2.75) is 17.7 Å². The number of hydrogen-bond acceptors (Lipinski definition) is 2. The number of allylic oxidation sites excluding steroid dienone is 2. The van der Waals surface area contributed by atoms with Crippen molar-refractivity contribution in [3.63, 3.8) is 0 Å². The second-order valence-electron chi connectivity index (χ2n) is 3.60. The Morgan fingerprint density at radius 3 is 3.00 bits per heavy atom. The largest absolute Gasteiger partial charge is 0.250 e. The molecule has 1 nitrogen and oxygen atoms in total. The van der Waals surface area contributed by atoms with Crippen molar-refractivity contribution in [1.82, 2.24) is 0 Å². The molecule has 0 amide bonds. The Morgan fingerprint density at radius 1 is 1.20 bits per heavy atom. The zero-order valence-electron chi connectivity index (χ0n) is 8.10. The summed E-state index contributed by atoms with van der Waals surface area (Å²) >= 11 is 1.75. The molecule has 2 aliphatic rings. The third-order valence-corrected chi connectivity index (χ3v) is 5.32. The Balaban J connectivity index is 2.06. The third kappa shape index (κ3) is 1.60. The van der Waals surface area contributed by atoms with Gasteiger partial charge in [-0.1, -0.05) is 30.0 Å². The quantitative estimate of drug-likeness (QED) is 0.685. The van der Waals surface area contributed by atoms with Crippen LogP contribution in [0.1, 0.15) is 12.0 Å². The molecule has 1 atom stereocenters. The van der Waals surface area contributed by atoms with Crippen molar-refractivity contribution in [3.05, 3.63) is 51.1 Å². The van der Waals surface area contributed by atoms with E-state index in [1.54, 1.807) is 17.2 Å². The predicted octanol–water partition coefficient (Wildman–Crippen LogP) is 3.21. The molecule has 15 heavy (non-hydrogen) atoms. The van der Waals surface area contributed by atoms with Crippen molar-refractivity contribution < 1.29 is 4.21 Å². The first-order chi connectivity index (χ1) is 7.34. The summed E-state index contributed by atoms with van der Waals surface area (Å²) < 4.78 is 11.7. The highest BCUT2D eigenvalue weighted by molar-refractivity contribution is 8.05. The molecule has 0 N–H and O–H groups in total. The monoisotopic (exact) mass is 234 g/mol. The van der Waals surface area contributed by atoms with Crippen molar-refractivity contribution in [2.75, 3.05) is 0 Å². The molecule has 0 aromatic heterocycles. The highest BCUT2D eigenvalue weighted by Crippen LogP contribution is 2.41. The maximum Gasteiger partial charge on any atom is 0.0746 e. The lowest BCUT2D eigenvalue weighted by Gasteiger charge is -2.03. The minimum absolute atomic E-state index is 0.861. The highest BCUT2D eigenvalue weighted by Gasteiger charge is 2.21. The van der Waals surface area contributed by atoms with E-state index in [1.807, 2.05) is 6.08 Å². The second-order valence-corrected chi connectivity index (χ2v) is 6.04. The zero-order chi connectivity index (χ0) is 10.3. The van der Waals surface area contributed by atoms with E-state index in [0.717, 1.165) is 17.7 Å². The predicted molar refractivity (Wildman–Crippen MR) is 64.9 cm³/mol. The van der Waals surface area contributed by atoms with Gasteiger partial charge in [-0.3, -0.25) is 0 Å². The first-order valence-corrected chi connectivity index (χ1v) is 6.95. The summed E-state index contributed by atoms with van der Waals surface area (Å²) in [7, 11) is -0.861. The van der Waals surface area contributed by atoms with Crippen molar-refractivity contribution in [2.24, 2.45) is 0 Å². The number of fused-ring (bicyclic) bond motifs is 1. The smallest absolute Gasteiger partial charge is 0.0746 e. The van der Waals surface area contributed by atoms with Crippen LogP contribution in [0.3, 0.4) is 0 Å². The molecule has 76 valence electrons. The van der Waals surface area contributed by atoms with Gasteiger partial charge in [0.25, 0.3) is 0 Å². The van der Waals surface area contributed by atoms with E-state index >= 15 is 0 Å².